The van der Waals surface area contributed by atoms with E-state index in [-0.39, 0.29) is 24.3 Å². The molecule has 0 radical (unpaired) electrons. The Morgan fingerprint density at radius 3 is 2.70 bits per heavy atom. The highest BCUT2D eigenvalue weighted by molar-refractivity contribution is 6.35. The molecule has 3 rings (SSSR count). The van der Waals surface area contributed by atoms with Crippen molar-refractivity contribution in [2.45, 2.75) is 38.3 Å². The van der Waals surface area contributed by atoms with Gasteiger partial charge in [-0.2, -0.15) is 5.10 Å². The molecule has 0 spiro atoms. The predicted octanol–water partition coefficient (Wildman–Crippen LogP) is 4.74. The van der Waals surface area contributed by atoms with Crippen molar-refractivity contribution >= 4 is 29.1 Å². The van der Waals surface area contributed by atoms with Crippen LogP contribution in [-0.4, -0.2) is 39.3 Å². The van der Waals surface area contributed by atoms with Crippen LogP contribution in [0.1, 0.15) is 42.2 Å². The summed E-state index contributed by atoms with van der Waals surface area (Å²) in [5.74, 6) is -0.00929. The molecule has 9 heteroatoms. The molecule has 0 bridgehead atoms. The Balaban J connectivity index is 1.76. The van der Waals surface area contributed by atoms with Gasteiger partial charge in [-0.25, -0.2) is 8.78 Å². The van der Waals surface area contributed by atoms with Crippen LogP contribution in [0.25, 0.3) is 0 Å². The van der Waals surface area contributed by atoms with E-state index in [1.165, 1.54) is 17.9 Å². The van der Waals surface area contributed by atoms with Gasteiger partial charge < -0.3 is 9.64 Å². The number of aryl methyl sites for hydroxylation is 1. The summed E-state index contributed by atoms with van der Waals surface area (Å²) in [6.45, 7) is 1.99. The molecule has 5 nitrogen and oxygen atoms in total. The van der Waals surface area contributed by atoms with E-state index in [2.05, 4.69) is 5.10 Å². The van der Waals surface area contributed by atoms with Gasteiger partial charge >= 0.3 is 0 Å². The second kappa shape index (κ2) is 8.02. The molecular formula is C18H19Cl2F2N3O2. The molecule has 1 aromatic heterocycles. The number of rotatable bonds is 7. The van der Waals surface area contributed by atoms with Crippen molar-refractivity contribution in [1.29, 1.82) is 0 Å². The van der Waals surface area contributed by atoms with Crippen molar-refractivity contribution in [1.82, 2.24) is 14.7 Å². The third-order valence-corrected chi connectivity index (χ3v) is 4.85. The number of nitrogens with zero attached hydrogens (tertiary/aromatic N) is 3. The first-order valence-electron chi connectivity index (χ1n) is 8.50. The van der Waals surface area contributed by atoms with Crippen molar-refractivity contribution < 1.29 is 18.3 Å². The lowest BCUT2D eigenvalue weighted by Gasteiger charge is -2.29. The van der Waals surface area contributed by atoms with E-state index in [9.17, 15) is 13.6 Å². The van der Waals surface area contributed by atoms with E-state index in [4.69, 9.17) is 27.9 Å². The number of amides is 1. The lowest BCUT2D eigenvalue weighted by molar-refractivity contribution is 0.0605. The van der Waals surface area contributed by atoms with Gasteiger partial charge in [-0.1, -0.05) is 23.2 Å². The molecule has 1 amide bonds. The average Bonchev–Trinajstić information content (AvgIpc) is 3.34. The van der Waals surface area contributed by atoms with Crippen LogP contribution in [0.15, 0.2) is 24.4 Å². The molecule has 1 heterocycles. The summed E-state index contributed by atoms with van der Waals surface area (Å²) in [7, 11) is 1.51. The Kier molecular flexibility index (Phi) is 5.91. The van der Waals surface area contributed by atoms with Gasteiger partial charge in [0.25, 0.3) is 12.3 Å². The van der Waals surface area contributed by atoms with Gasteiger partial charge in [0, 0.05) is 24.3 Å². The second-order valence-electron chi connectivity index (χ2n) is 6.58. The van der Waals surface area contributed by atoms with Crippen molar-refractivity contribution in [2.24, 2.45) is 7.05 Å². The summed E-state index contributed by atoms with van der Waals surface area (Å²) < 4.78 is 33.4. The quantitative estimate of drug-likeness (QED) is 0.653. The molecule has 27 heavy (non-hydrogen) atoms. The molecule has 1 atom stereocenters. The normalized spacial score (nSPS) is 15.1. The van der Waals surface area contributed by atoms with Gasteiger partial charge in [0.05, 0.1) is 16.6 Å². The fourth-order valence-electron chi connectivity index (χ4n) is 2.93. The topological polar surface area (TPSA) is 47.4 Å². The number of benzene rings is 1. The number of hydrogen-bond donors (Lipinski definition) is 0. The molecule has 1 unspecified atom stereocenters. The van der Waals surface area contributed by atoms with Gasteiger partial charge in [-0.05, 0) is 38.0 Å². The maximum atomic E-state index is 13.2. The number of halogens is 4. The average molecular weight is 418 g/mol. The first kappa shape index (κ1) is 19.9. The monoisotopic (exact) mass is 417 g/mol. The van der Waals surface area contributed by atoms with Gasteiger partial charge in [0.2, 0.25) is 0 Å². The molecule has 1 saturated carbocycles. The van der Waals surface area contributed by atoms with Crippen LogP contribution >= 0.6 is 23.2 Å². The number of carbonyl (C=O) groups is 1. The minimum absolute atomic E-state index is 0.0162. The minimum atomic E-state index is -2.81. The SMILES string of the molecule is CC(COc1ccc(Cl)cc1Cl)N(C(=O)c1cn(C)nc1C(F)F)C1CC1. The Bertz CT molecular complexity index is 840. The lowest BCUT2D eigenvalue weighted by Crippen LogP contribution is -2.43. The number of ether oxygens (including phenoxy) is 1. The summed E-state index contributed by atoms with van der Waals surface area (Å²) in [6, 6.07) is 4.56. The van der Waals surface area contributed by atoms with Gasteiger partial charge in [-0.3, -0.25) is 9.48 Å². The van der Waals surface area contributed by atoms with Crippen LogP contribution in [0.3, 0.4) is 0 Å². The fraction of sp³-hybridized carbons (Fsp3) is 0.444. The van der Waals surface area contributed by atoms with Gasteiger partial charge in [0.1, 0.15) is 18.1 Å². The number of hydrogen-bond acceptors (Lipinski definition) is 3. The maximum Gasteiger partial charge on any atom is 0.282 e. The van der Waals surface area contributed by atoms with Gasteiger partial charge in [0.15, 0.2) is 0 Å². The second-order valence-corrected chi connectivity index (χ2v) is 7.42. The van der Waals surface area contributed by atoms with E-state index in [1.807, 2.05) is 6.92 Å². The van der Waals surface area contributed by atoms with Crippen LogP contribution in [0.2, 0.25) is 10.0 Å². The summed E-state index contributed by atoms with van der Waals surface area (Å²) in [4.78, 5) is 14.6. The van der Waals surface area contributed by atoms with Crippen LogP contribution in [-0.2, 0) is 7.05 Å². The standard InChI is InChI=1S/C18H19Cl2F2N3O2/c1-10(9-27-15-6-3-11(19)7-14(15)20)25(12-4-5-12)18(26)13-8-24(2)23-16(13)17(21)22/h3,6-8,10,12,17H,4-5,9H2,1-2H3. The van der Waals surface area contributed by atoms with Crippen LogP contribution in [0, 0.1) is 0 Å². The molecular weight excluding hydrogens is 399 g/mol. The van der Waals surface area contributed by atoms with Crippen LogP contribution < -0.4 is 4.74 Å². The van der Waals surface area contributed by atoms with Crippen molar-refractivity contribution in [3.05, 3.63) is 45.7 Å². The molecule has 1 aliphatic carbocycles. The Morgan fingerprint density at radius 1 is 1.41 bits per heavy atom. The molecule has 0 N–H and O–H groups in total. The van der Waals surface area contributed by atoms with E-state index >= 15 is 0 Å². The van der Waals surface area contributed by atoms with Crippen molar-refractivity contribution in [3.8, 4) is 5.75 Å². The van der Waals surface area contributed by atoms with E-state index in [1.54, 1.807) is 23.1 Å². The highest BCUT2D eigenvalue weighted by Crippen LogP contribution is 2.33. The molecule has 1 aliphatic rings. The molecule has 146 valence electrons. The molecule has 0 saturated heterocycles. The minimum Gasteiger partial charge on any atom is -0.490 e. The first-order chi connectivity index (χ1) is 12.8. The van der Waals surface area contributed by atoms with Crippen molar-refractivity contribution in [2.75, 3.05) is 6.61 Å². The first-order valence-corrected chi connectivity index (χ1v) is 9.25. The predicted molar refractivity (Wildman–Crippen MR) is 98.8 cm³/mol. The van der Waals surface area contributed by atoms with E-state index in [0.717, 1.165) is 12.8 Å². The van der Waals surface area contributed by atoms with Crippen LogP contribution in [0.4, 0.5) is 8.78 Å². The molecule has 1 fully saturated rings. The maximum absolute atomic E-state index is 13.2. The Hall–Kier alpha value is -1.86. The highest BCUT2D eigenvalue weighted by Gasteiger charge is 2.38. The summed E-state index contributed by atoms with van der Waals surface area (Å²) in [5.41, 5.74) is -0.571. The number of aromatic nitrogens is 2. The number of alkyl halides is 2. The Labute approximate surface area is 165 Å². The molecule has 1 aromatic carbocycles. The fourth-order valence-corrected chi connectivity index (χ4v) is 3.40. The largest absolute Gasteiger partial charge is 0.490 e. The highest BCUT2D eigenvalue weighted by atomic mass is 35.5. The zero-order valence-corrected chi connectivity index (χ0v) is 16.3. The third kappa shape index (κ3) is 4.52. The molecule has 0 aliphatic heterocycles. The van der Waals surface area contributed by atoms with Crippen molar-refractivity contribution in [3.63, 3.8) is 0 Å². The number of carbonyl (C=O) groups excluding carboxylic acids is 1. The van der Waals surface area contributed by atoms with Gasteiger partial charge in [-0.15, -0.1) is 0 Å². The zero-order valence-electron chi connectivity index (χ0n) is 14.8. The van der Waals surface area contributed by atoms with E-state index < -0.39 is 18.0 Å². The molecule has 2 aromatic rings. The van der Waals surface area contributed by atoms with Crippen LogP contribution in [0.5, 0.6) is 5.75 Å². The lowest BCUT2D eigenvalue weighted by atomic mass is 10.2. The van der Waals surface area contributed by atoms with E-state index in [0.29, 0.717) is 15.8 Å². The summed E-state index contributed by atoms with van der Waals surface area (Å²) >= 11 is 12.0. The Morgan fingerprint density at radius 2 is 2.11 bits per heavy atom. The summed E-state index contributed by atoms with van der Waals surface area (Å²) in [6.07, 6.45) is 0.193. The summed E-state index contributed by atoms with van der Waals surface area (Å²) in [5, 5.41) is 4.58. The smallest absolute Gasteiger partial charge is 0.282 e. The zero-order chi connectivity index (χ0) is 19.7. The third-order valence-electron chi connectivity index (χ3n) is 4.32.